The maximum Gasteiger partial charge on any atom is 0.344 e. The lowest BCUT2D eigenvalue weighted by atomic mass is 10.0. The van der Waals surface area contributed by atoms with E-state index in [0.717, 1.165) is 5.56 Å². The first-order chi connectivity index (χ1) is 17.2. The number of carbonyl (C=O) groups is 3. The Hall–Kier alpha value is -3.33. The number of aromatic nitrogens is 1. The van der Waals surface area contributed by atoms with Gasteiger partial charge in [0, 0.05) is 22.3 Å². The van der Waals surface area contributed by atoms with E-state index in [-0.39, 0.29) is 40.4 Å². The molecule has 1 aliphatic heterocycles. The van der Waals surface area contributed by atoms with Crippen molar-refractivity contribution >= 4 is 46.5 Å². The van der Waals surface area contributed by atoms with E-state index in [9.17, 15) is 18.8 Å². The highest BCUT2D eigenvalue weighted by atomic mass is 35.5. The van der Waals surface area contributed by atoms with E-state index < -0.39 is 23.5 Å². The van der Waals surface area contributed by atoms with Crippen LogP contribution in [0.2, 0.25) is 10.0 Å². The van der Waals surface area contributed by atoms with Crippen molar-refractivity contribution in [2.75, 3.05) is 18.8 Å². The molecular formula is C26H23Cl2FN3O4+. The molecule has 0 spiro atoms. The highest BCUT2D eigenvalue weighted by Crippen LogP contribution is 2.37. The van der Waals surface area contributed by atoms with Gasteiger partial charge in [-0.3, -0.25) is 14.5 Å². The van der Waals surface area contributed by atoms with Gasteiger partial charge in [0.1, 0.15) is 11.9 Å². The van der Waals surface area contributed by atoms with Gasteiger partial charge in [-0.2, -0.15) is 0 Å². The number of nitrogens with one attached hydrogen (secondary N) is 1. The fourth-order valence-corrected chi connectivity index (χ4v) is 4.73. The number of amides is 1. The highest BCUT2D eigenvalue weighted by molar-refractivity contribution is 6.37. The number of carbonyl (C=O) groups excluding carboxylic acids is 3. The molecule has 1 fully saturated rings. The molecule has 0 saturated carbocycles. The summed E-state index contributed by atoms with van der Waals surface area (Å²) in [5, 5.41) is 0.135. The zero-order valence-electron chi connectivity index (χ0n) is 19.3. The highest BCUT2D eigenvalue weighted by Gasteiger charge is 2.29. The Morgan fingerprint density at radius 1 is 1.06 bits per heavy atom. The van der Waals surface area contributed by atoms with Crippen LogP contribution in [0.5, 0.6) is 5.75 Å². The maximum absolute atomic E-state index is 13.9. The van der Waals surface area contributed by atoms with Crippen LogP contribution in [0.25, 0.3) is 11.1 Å². The van der Waals surface area contributed by atoms with Crippen molar-refractivity contribution in [1.82, 2.24) is 4.98 Å². The van der Waals surface area contributed by atoms with Crippen molar-refractivity contribution in [1.29, 1.82) is 0 Å². The van der Waals surface area contributed by atoms with E-state index in [1.54, 1.807) is 43.5 Å². The molecule has 1 aromatic heterocycles. The van der Waals surface area contributed by atoms with Crippen molar-refractivity contribution in [2.45, 2.75) is 25.9 Å². The van der Waals surface area contributed by atoms with E-state index in [1.165, 1.54) is 12.1 Å². The maximum atomic E-state index is 13.9. The summed E-state index contributed by atoms with van der Waals surface area (Å²) in [7, 11) is 0. The zero-order valence-corrected chi connectivity index (χ0v) is 20.8. The summed E-state index contributed by atoms with van der Waals surface area (Å²) >= 11 is 12.3. The third-order valence-electron chi connectivity index (χ3n) is 6.09. The van der Waals surface area contributed by atoms with Gasteiger partial charge in [0.15, 0.2) is 11.6 Å². The van der Waals surface area contributed by atoms with E-state index in [0.29, 0.717) is 34.7 Å². The lowest BCUT2D eigenvalue weighted by Crippen LogP contribution is -3.14. The van der Waals surface area contributed by atoms with Crippen LogP contribution in [0.4, 0.5) is 10.2 Å². The number of likely N-dealkylation sites (tertiary alicyclic amines) is 1. The molecule has 0 aliphatic carbocycles. The third-order valence-corrected chi connectivity index (χ3v) is 6.81. The van der Waals surface area contributed by atoms with Gasteiger partial charge in [0.25, 0.3) is 0 Å². The predicted octanol–water partition coefficient (Wildman–Crippen LogP) is 3.87. The summed E-state index contributed by atoms with van der Waals surface area (Å²) in [6.07, 6.45) is 1.00. The molecule has 10 heteroatoms. The Bertz CT molecular complexity index is 1330. The molecule has 1 amide bonds. The quantitative estimate of drug-likeness (QED) is 0.383. The normalized spacial score (nSPS) is 15.4. The molecular weight excluding hydrogens is 508 g/mol. The van der Waals surface area contributed by atoms with Crippen LogP contribution < -0.4 is 15.4 Å². The minimum absolute atomic E-state index is 0.0718. The number of rotatable bonds is 5. The zero-order chi connectivity index (χ0) is 26.0. The first-order valence-corrected chi connectivity index (χ1v) is 12.0. The van der Waals surface area contributed by atoms with Gasteiger partial charge in [0.2, 0.25) is 11.6 Å². The van der Waals surface area contributed by atoms with E-state index in [1.807, 2.05) is 0 Å². The number of nitrogens with zero attached hydrogens (tertiary/aromatic N) is 1. The number of pyridine rings is 1. The summed E-state index contributed by atoms with van der Waals surface area (Å²) < 4.78 is 19.9. The average molecular weight is 531 g/mol. The molecule has 1 unspecified atom stereocenters. The van der Waals surface area contributed by atoms with E-state index in [4.69, 9.17) is 33.7 Å². The Morgan fingerprint density at radius 3 is 2.33 bits per heavy atom. The van der Waals surface area contributed by atoms with E-state index in [2.05, 4.69) is 4.98 Å². The number of benzene rings is 2. The second kappa shape index (κ2) is 10.7. The lowest BCUT2D eigenvalue weighted by Gasteiger charge is -2.19. The summed E-state index contributed by atoms with van der Waals surface area (Å²) in [6, 6.07) is 11.2. The minimum atomic E-state index is -0.713. The number of nitrogen functional groups attached to an aromatic ring is 1. The number of halogens is 3. The molecule has 0 radical (unpaired) electrons. The minimum Gasteiger partial charge on any atom is -0.482 e. The first kappa shape index (κ1) is 25.8. The van der Waals surface area contributed by atoms with Crippen molar-refractivity contribution in [2.24, 2.45) is 0 Å². The van der Waals surface area contributed by atoms with Crippen LogP contribution in [0.1, 0.15) is 41.8 Å². The van der Waals surface area contributed by atoms with Gasteiger partial charge in [0.05, 0.1) is 36.5 Å². The van der Waals surface area contributed by atoms with Gasteiger partial charge in [-0.25, -0.2) is 14.2 Å². The van der Waals surface area contributed by atoms with Crippen molar-refractivity contribution in [3.8, 4) is 16.9 Å². The van der Waals surface area contributed by atoms with Gasteiger partial charge in [-0.05, 0) is 42.8 Å². The Balaban J connectivity index is 1.53. The number of ketones is 2. The molecule has 0 bridgehead atoms. The largest absolute Gasteiger partial charge is 0.482 e. The lowest BCUT2D eigenvalue weighted by molar-refractivity contribution is -0.812. The molecule has 2 aromatic carbocycles. The molecule has 186 valence electrons. The topological polar surface area (TPSA) is 104 Å². The van der Waals surface area contributed by atoms with E-state index >= 15 is 0 Å². The first-order valence-electron chi connectivity index (χ1n) is 11.3. The Morgan fingerprint density at radius 2 is 1.69 bits per heavy atom. The number of Topliss-reactive ketones (excluding diaryl/α,β-unsaturated/α-hetero) is 2. The molecule has 3 N–H and O–H groups in total. The summed E-state index contributed by atoms with van der Waals surface area (Å²) in [6.45, 7) is 2.27. The molecule has 7 nitrogen and oxygen atoms in total. The molecule has 36 heavy (non-hydrogen) atoms. The van der Waals surface area contributed by atoms with Crippen LogP contribution >= 0.6 is 23.2 Å². The monoisotopic (exact) mass is 530 g/mol. The van der Waals surface area contributed by atoms with Crippen LogP contribution in [0.15, 0.2) is 48.7 Å². The Labute approximate surface area is 217 Å². The molecule has 4 rings (SSSR count). The van der Waals surface area contributed by atoms with Crippen LogP contribution in [-0.2, 0) is 9.59 Å². The predicted molar refractivity (Wildman–Crippen MR) is 134 cm³/mol. The fourth-order valence-electron chi connectivity index (χ4n) is 4.05. The standard InChI is InChI=1S/C26H22Cl2FN3O4/c1-14(23-18(27)6-7-19(29)24(23)28)36-22-12-17(13-31-25(22)30)15-2-4-16(5-3-15)26(35)32-10-8-20(33)21(34)9-11-32/h2-7,12-14H,8-11H2,1H3,(H2,30,31)/p+1. The second-order valence-corrected chi connectivity index (χ2v) is 9.27. The summed E-state index contributed by atoms with van der Waals surface area (Å²) in [4.78, 5) is 40.9. The van der Waals surface area contributed by atoms with Crippen molar-refractivity contribution in [3.63, 3.8) is 0 Å². The Kier molecular flexibility index (Phi) is 7.68. The number of quaternary nitrogens is 1. The number of anilines is 1. The van der Waals surface area contributed by atoms with Crippen LogP contribution in [-0.4, -0.2) is 35.5 Å². The summed E-state index contributed by atoms with van der Waals surface area (Å²) in [5.41, 5.74) is 8.22. The van der Waals surface area contributed by atoms with Gasteiger partial charge in [-0.1, -0.05) is 35.3 Å². The number of hydrogen-bond donors (Lipinski definition) is 2. The second-order valence-electron chi connectivity index (χ2n) is 8.48. The van der Waals surface area contributed by atoms with Crippen molar-refractivity contribution in [3.05, 3.63) is 75.7 Å². The molecule has 1 aliphatic rings. The van der Waals surface area contributed by atoms with Crippen LogP contribution in [0, 0.1) is 5.82 Å². The average Bonchev–Trinajstić information content (AvgIpc) is 3.03. The van der Waals surface area contributed by atoms with Gasteiger partial charge < -0.3 is 10.5 Å². The third kappa shape index (κ3) is 5.41. The number of ether oxygens (including phenoxy) is 1. The van der Waals surface area contributed by atoms with Gasteiger partial charge in [-0.15, -0.1) is 0 Å². The van der Waals surface area contributed by atoms with Gasteiger partial charge >= 0.3 is 5.91 Å². The SMILES string of the molecule is CC(Oc1cc(-c2ccc(C(=O)[NH+]3CCC(=O)C(=O)CC3)cc2)cnc1N)c1c(Cl)ccc(F)c1Cl. The number of nitrogens with two attached hydrogens (primary N) is 1. The molecule has 1 saturated heterocycles. The molecule has 2 heterocycles. The smallest absolute Gasteiger partial charge is 0.344 e. The number of hydrogen-bond acceptors (Lipinski definition) is 6. The summed E-state index contributed by atoms with van der Waals surface area (Å²) in [5.74, 6) is -1.21. The van der Waals surface area contributed by atoms with Crippen LogP contribution in [0.3, 0.4) is 0 Å². The van der Waals surface area contributed by atoms with Crippen molar-refractivity contribution < 1.29 is 28.4 Å². The molecule has 3 aromatic rings. The fraction of sp³-hybridized carbons (Fsp3) is 0.231. The molecule has 1 atom stereocenters.